The normalized spacial score (nSPS) is 19.6. The minimum Gasteiger partial charge on any atom is -0.356 e. The molecule has 2 atom stereocenters. The lowest BCUT2D eigenvalue weighted by Gasteiger charge is -2.47. The van der Waals surface area contributed by atoms with Crippen molar-refractivity contribution in [3.63, 3.8) is 0 Å². The minimum absolute atomic E-state index is 0.0224. The molecule has 0 radical (unpaired) electrons. The lowest BCUT2D eigenvalue weighted by Crippen LogP contribution is -2.63. The maximum atomic E-state index is 13.7. The van der Waals surface area contributed by atoms with Crippen LogP contribution in [0.1, 0.15) is 43.1 Å². The summed E-state index contributed by atoms with van der Waals surface area (Å²) in [5.41, 5.74) is 3.33. The van der Waals surface area contributed by atoms with Gasteiger partial charge in [0.1, 0.15) is 6.04 Å². The van der Waals surface area contributed by atoms with E-state index < -0.39 is 17.0 Å². The first-order chi connectivity index (χ1) is 17.4. The Morgan fingerprint density at radius 3 is 2.64 bits per heavy atom. The van der Waals surface area contributed by atoms with Crippen molar-refractivity contribution in [2.24, 2.45) is 0 Å². The summed E-state index contributed by atoms with van der Waals surface area (Å²) in [6.07, 6.45) is 1.22. The van der Waals surface area contributed by atoms with Gasteiger partial charge in [-0.1, -0.05) is 44.2 Å². The number of benzene rings is 2. The van der Waals surface area contributed by atoms with Gasteiger partial charge in [0.05, 0.1) is 17.5 Å². The number of nitro groups is 1. The number of nitrogens with one attached hydrogen (secondary N) is 1. The number of fused-ring (bicyclic) bond motifs is 4. The second-order valence-electron chi connectivity index (χ2n) is 9.48. The molecule has 1 fully saturated rings. The van der Waals surface area contributed by atoms with Crippen LogP contribution in [-0.2, 0) is 16.0 Å². The predicted molar refractivity (Wildman–Crippen MR) is 137 cm³/mol. The van der Waals surface area contributed by atoms with Crippen LogP contribution >= 0.6 is 0 Å². The molecule has 188 valence electrons. The van der Waals surface area contributed by atoms with Crippen LogP contribution in [0.3, 0.4) is 0 Å². The molecular formula is C27H31N5O4. The highest BCUT2D eigenvalue weighted by Crippen LogP contribution is 2.43. The van der Waals surface area contributed by atoms with Crippen molar-refractivity contribution in [2.75, 3.05) is 32.7 Å². The second-order valence-corrected chi connectivity index (χ2v) is 9.48. The number of nitrogens with zero attached hydrogens (tertiary/aromatic N) is 4. The van der Waals surface area contributed by atoms with Crippen LogP contribution in [0.2, 0.25) is 0 Å². The summed E-state index contributed by atoms with van der Waals surface area (Å²) in [6, 6.07) is 13.0. The predicted octanol–water partition coefficient (Wildman–Crippen LogP) is 3.49. The van der Waals surface area contributed by atoms with Gasteiger partial charge in [-0.15, -0.1) is 0 Å². The zero-order valence-electron chi connectivity index (χ0n) is 20.6. The molecule has 0 bridgehead atoms. The molecule has 0 spiro atoms. The molecule has 1 saturated heterocycles. The summed E-state index contributed by atoms with van der Waals surface area (Å²) in [5, 5.41) is 12.5. The molecule has 0 saturated carbocycles. The molecule has 36 heavy (non-hydrogen) atoms. The molecule has 1 aromatic heterocycles. The van der Waals surface area contributed by atoms with E-state index in [0.29, 0.717) is 18.5 Å². The number of rotatable bonds is 8. The van der Waals surface area contributed by atoms with E-state index in [-0.39, 0.29) is 24.0 Å². The van der Waals surface area contributed by atoms with Gasteiger partial charge >= 0.3 is 0 Å². The van der Waals surface area contributed by atoms with Crippen LogP contribution < -0.4 is 0 Å². The van der Waals surface area contributed by atoms with E-state index in [0.717, 1.165) is 48.2 Å². The zero-order chi connectivity index (χ0) is 25.4. The highest BCUT2D eigenvalue weighted by atomic mass is 16.6. The monoisotopic (exact) mass is 489 g/mol. The van der Waals surface area contributed by atoms with E-state index in [1.807, 2.05) is 24.3 Å². The third-order valence-electron chi connectivity index (χ3n) is 7.54. The largest absolute Gasteiger partial charge is 0.356 e. The lowest BCUT2D eigenvalue weighted by atomic mass is 9.86. The first-order valence-electron chi connectivity index (χ1n) is 12.6. The number of aromatic amines is 1. The van der Waals surface area contributed by atoms with Gasteiger partial charge in [-0.2, -0.15) is 0 Å². The van der Waals surface area contributed by atoms with E-state index in [1.54, 1.807) is 21.9 Å². The van der Waals surface area contributed by atoms with Crippen molar-refractivity contribution in [3.05, 3.63) is 75.5 Å². The van der Waals surface area contributed by atoms with Gasteiger partial charge < -0.3 is 19.7 Å². The molecule has 2 aromatic carbocycles. The van der Waals surface area contributed by atoms with E-state index in [4.69, 9.17) is 0 Å². The van der Waals surface area contributed by atoms with Crippen molar-refractivity contribution in [1.29, 1.82) is 0 Å². The lowest BCUT2D eigenvalue weighted by molar-refractivity contribution is -0.384. The Hall–Kier alpha value is -3.72. The molecule has 2 aliphatic rings. The summed E-state index contributed by atoms with van der Waals surface area (Å²) >= 11 is 0. The van der Waals surface area contributed by atoms with Crippen LogP contribution in [0.15, 0.2) is 48.5 Å². The molecule has 1 unspecified atom stereocenters. The number of carbonyl (C=O) groups excluding carboxylic acids is 2. The number of carbonyl (C=O) groups is 2. The quantitative estimate of drug-likeness (QED) is 0.385. The van der Waals surface area contributed by atoms with Crippen LogP contribution in [0.4, 0.5) is 5.69 Å². The fraction of sp³-hybridized carbons (Fsp3) is 0.407. The average Bonchev–Trinajstić information content (AvgIpc) is 3.26. The molecule has 3 heterocycles. The third-order valence-corrected chi connectivity index (χ3v) is 7.54. The van der Waals surface area contributed by atoms with Crippen molar-refractivity contribution in [2.45, 2.75) is 38.8 Å². The number of amides is 2. The van der Waals surface area contributed by atoms with E-state index >= 15 is 0 Å². The fourth-order valence-corrected chi connectivity index (χ4v) is 5.69. The first-order valence-corrected chi connectivity index (χ1v) is 12.6. The molecule has 0 aliphatic carbocycles. The summed E-state index contributed by atoms with van der Waals surface area (Å²) in [5.74, 6) is -0.191. The summed E-state index contributed by atoms with van der Waals surface area (Å²) in [6.45, 7) is 7.57. The number of aromatic nitrogens is 1. The third kappa shape index (κ3) is 4.13. The maximum absolute atomic E-state index is 13.7. The Kier molecular flexibility index (Phi) is 6.49. The Morgan fingerprint density at radius 2 is 1.89 bits per heavy atom. The highest BCUT2D eigenvalue weighted by Gasteiger charge is 2.48. The topological polar surface area (TPSA) is 103 Å². The van der Waals surface area contributed by atoms with Gasteiger partial charge in [0.25, 0.3) is 5.69 Å². The summed E-state index contributed by atoms with van der Waals surface area (Å²) < 4.78 is 0. The van der Waals surface area contributed by atoms with Crippen molar-refractivity contribution in [3.8, 4) is 0 Å². The molecule has 2 amide bonds. The number of H-pyrrole nitrogens is 1. The molecule has 9 nitrogen and oxygen atoms in total. The molecular weight excluding hydrogens is 458 g/mol. The Balaban J connectivity index is 1.53. The Labute approximate surface area is 209 Å². The van der Waals surface area contributed by atoms with E-state index in [2.05, 4.69) is 23.7 Å². The van der Waals surface area contributed by atoms with Crippen LogP contribution in [0.5, 0.6) is 0 Å². The smallest absolute Gasteiger partial charge is 0.269 e. The average molecular weight is 490 g/mol. The minimum atomic E-state index is -0.643. The van der Waals surface area contributed by atoms with Crippen molar-refractivity contribution < 1.29 is 14.5 Å². The SMILES string of the molecule is CCN(CC)CCCN1CC(=O)N2C(c3cccc([N+](=O)[O-])c3)c3[nH]c4ccccc4c3C[C@@H]2C1=O. The van der Waals surface area contributed by atoms with Gasteiger partial charge in [0.15, 0.2) is 0 Å². The molecule has 1 N–H and O–H groups in total. The number of hydrogen-bond donors (Lipinski definition) is 1. The molecule has 9 heteroatoms. The fourth-order valence-electron chi connectivity index (χ4n) is 5.69. The molecule has 2 aliphatic heterocycles. The van der Waals surface area contributed by atoms with Gasteiger partial charge in [0, 0.05) is 41.7 Å². The molecule has 5 rings (SSSR count). The first kappa shape index (κ1) is 24.0. The summed E-state index contributed by atoms with van der Waals surface area (Å²) in [4.78, 5) is 47.5. The van der Waals surface area contributed by atoms with E-state index in [9.17, 15) is 19.7 Å². The van der Waals surface area contributed by atoms with Crippen molar-refractivity contribution >= 4 is 28.4 Å². The second kappa shape index (κ2) is 9.73. The number of hydrogen-bond acceptors (Lipinski definition) is 5. The Morgan fingerprint density at radius 1 is 1.11 bits per heavy atom. The van der Waals surface area contributed by atoms with Gasteiger partial charge in [-0.3, -0.25) is 19.7 Å². The maximum Gasteiger partial charge on any atom is 0.269 e. The van der Waals surface area contributed by atoms with Crippen molar-refractivity contribution in [1.82, 2.24) is 19.7 Å². The van der Waals surface area contributed by atoms with Crippen LogP contribution in [-0.4, -0.2) is 75.2 Å². The van der Waals surface area contributed by atoms with Gasteiger partial charge in [-0.25, -0.2) is 0 Å². The zero-order valence-corrected chi connectivity index (χ0v) is 20.6. The van der Waals surface area contributed by atoms with E-state index in [1.165, 1.54) is 12.1 Å². The number of non-ortho nitro benzene ring substituents is 1. The van der Waals surface area contributed by atoms with Gasteiger partial charge in [-0.05, 0) is 43.2 Å². The highest BCUT2D eigenvalue weighted by molar-refractivity contribution is 5.97. The number of piperazine rings is 1. The molecule has 3 aromatic rings. The van der Waals surface area contributed by atoms with Crippen LogP contribution in [0, 0.1) is 10.1 Å². The number of nitro benzene ring substituents is 1. The Bertz CT molecular complexity index is 1310. The standard InChI is InChI=1S/C27H31N5O4/c1-3-29(4-2)13-8-14-30-17-24(33)31-23(27(30)34)16-21-20-11-5-6-12-22(20)28-25(21)26(31)18-9-7-10-19(15-18)32(35)36/h5-7,9-12,15,23,26,28H,3-4,8,13-14,16-17H2,1-2H3/t23-,26?/m1/s1. The van der Waals surface area contributed by atoms with Crippen LogP contribution in [0.25, 0.3) is 10.9 Å². The summed E-state index contributed by atoms with van der Waals surface area (Å²) in [7, 11) is 0. The van der Waals surface area contributed by atoms with Gasteiger partial charge in [0.2, 0.25) is 11.8 Å². The number of para-hydroxylation sites is 1.